The zero-order chi connectivity index (χ0) is 15.5. The highest BCUT2D eigenvalue weighted by Gasteiger charge is 2.63. The van der Waals surface area contributed by atoms with E-state index in [1.807, 2.05) is 0 Å². The minimum atomic E-state index is -1.04. The lowest BCUT2D eigenvalue weighted by atomic mass is 9.69. The van der Waals surface area contributed by atoms with Gasteiger partial charge >= 0.3 is 11.9 Å². The van der Waals surface area contributed by atoms with Gasteiger partial charge in [-0.3, -0.25) is 9.59 Å². The maximum absolute atomic E-state index is 12.7. The highest BCUT2D eigenvalue weighted by atomic mass is 16.6. The van der Waals surface area contributed by atoms with Crippen LogP contribution < -0.4 is 0 Å². The maximum Gasteiger partial charge on any atom is 0.323 e. The summed E-state index contributed by atoms with van der Waals surface area (Å²) in [6.07, 6.45) is 6.00. The molecule has 0 amide bonds. The first-order chi connectivity index (χ1) is 10.1. The second-order valence-electron chi connectivity index (χ2n) is 6.34. The van der Waals surface area contributed by atoms with E-state index in [2.05, 4.69) is 6.92 Å². The summed E-state index contributed by atoms with van der Waals surface area (Å²) >= 11 is 0. The zero-order valence-corrected chi connectivity index (χ0v) is 13.5. The molecule has 2 fully saturated rings. The van der Waals surface area contributed by atoms with Gasteiger partial charge in [0, 0.05) is 0 Å². The van der Waals surface area contributed by atoms with Crippen molar-refractivity contribution in [1.82, 2.24) is 0 Å². The average Bonchev–Trinajstić information content (AvgIpc) is 2.83. The number of fused-ring (bicyclic) bond motifs is 1. The van der Waals surface area contributed by atoms with Gasteiger partial charge in [0.05, 0.1) is 13.2 Å². The van der Waals surface area contributed by atoms with Crippen LogP contribution in [-0.4, -0.2) is 25.2 Å². The lowest BCUT2D eigenvalue weighted by Crippen LogP contribution is -2.46. The molecule has 0 heterocycles. The molecular formula is C17H28O4. The Bertz CT molecular complexity index is 372. The monoisotopic (exact) mass is 296 g/mol. The fourth-order valence-corrected chi connectivity index (χ4v) is 4.57. The van der Waals surface area contributed by atoms with E-state index in [-0.39, 0.29) is 17.9 Å². The Kier molecular flexibility index (Phi) is 5.28. The number of esters is 2. The van der Waals surface area contributed by atoms with Crippen LogP contribution in [0.5, 0.6) is 0 Å². The molecule has 0 unspecified atom stereocenters. The Balaban J connectivity index is 2.38. The van der Waals surface area contributed by atoms with E-state index in [9.17, 15) is 9.59 Å². The van der Waals surface area contributed by atoms with Crippen molar-refractivity contribution in [2.45, 2.75) is 59.3 Å². The van der Waals surface area contributed by atoms with Gasteiger partial charge in [0.15, 0.2) is 5.41 Å². The molecule has 0 aromatic carbocycles. The summed E-state index contributed by atoms with van der Waals surface area (Å²) in [7, 11) is 0. The molecule has 0 bridgehead atoms. The summed E-state index contributed by atoms with van der Waals surface area (Å²) in [6, 6.07) is 0. The average molecular weight is 296 g/mol. The summed E-state index contributed by atoms with van der Waals surface area (Å²) in [5, 5.41) is 0. The molecule has 2 aliphatic carbocycles. The number of hydrogen-bond acceptors (Lipinski definition) is 4. The van der Waals surface area contributed by atoms with E-state index in [1.54, 1.807) is 13.8 Å². The van der Waals surface area contributed by atoms with Crippen molar-refractivity contribution in [2.75, 3.05) is 13.2 Å². The Morgan fingerprint density at radius 2 is 1.57 bits per heavy atom. The van der Waals surface area contributed by atoms with Gasteiger partial charge in [-0.15, -0.1) is 0 Å². The van der Waals surface area contributed by atoms with Gasteiger partial charge in [0.25, 0.3) is 0 Å². The molecule has 2 saturated carbocycles. The smallest absolute Gasteiger partial charge is 0.323 e. The van der Waals surface area contributed by atoms with E-state index < -0.39 is 5.41 Å². The van der Waals surface area contributed by atoms with Crippen LogP contribution in [0, 0.1) is 23.2 Å². The molecule has 0 saturated heterocycles. The predicted octanol–water partition coefficient (Wildman–Crippen LogP) is 3.34. The van der Waals surface area contributed by atoms with Gasteiger partial charge in [-0.05, 0) is 50.9 Å². The predicted molar refractivity (Wildman–Crippen MR) is 79.5 cm³/mol. The lowest BCUT2D eigenvalue weighted by molar-refractivity contribution is -0.176. The third-order valence-corrected chi connectivity index (χ3v) is 5.45. The van der Waals surface area contributed by atoms with Crippen LogP contribution in [-0.2, 0) is 19.1 Å². The molecule has 4 heteroatoms. The highest BCUT2D eigenvalue weighted by Crippen LogP contribution is 2.58. The van der Waals surface area contributed by atoms with Crippen molar-refractivity contribution in [2.24, 2.45) is 23.2 Å². The Labute approximate surface area is 127 Å². The summed E-state index contributed by atoms with van der Waals surface area (Å²) in [5.74, 6) is 0.309. The topological polar surface area (TPSA) is 52.6 Å². The first-order valence-electron chi connectivity index (χ1n) is 8.46. The van der Waals surface area contributed by atoms with E-state index >= 15 is 0 Å². The first-order valence-corrected chi connectivity index (χ1v) is 8.46. The van der Waals surface area contributed by atoms with Gasteiger partial charge in [0.2, 0.25) is 0 Å². The number of rotatable bonds is 5. The molecule has 0 spiro atoms. The molecule has 0 aromatic heterocycles. The van der Waals surface area contributed by atoms with Crippen molar-refractivity contribution < 1.29 is 19.1 Å². The summed E-state index contributed by atoms with van der Waals surface area (Å²) in [5.41, 5.74) is -1.04. The van der Waals surface area contributed by atoms with E-state index in [0.29, 0.717) is 31.5 Å². The van der Waals surface area contributed by atoms with E-state index in [4.69, 9.17) is 9.47 Å². The molecule has 0 aliphatic heterocycles. The zero-order valence-electron chi connectivity index (χ0n) is 13.5. The maximum atomic E-state index is 12.7. The molecule has 2 rings (SSSR count). The first kappa shape index (κ1) is 16.3. The molecule has 0 radical (unpaired) electrons. The van der Waals surface area contributed by atoms with Crippen LogP contribution in [0.2, 0.25) is 0 Å². The van der Waals surface area contributed by atoms with Crippen molar-refractivity contribution in [3.05, 3.63) is 0 Å². The fraction of sp³-hybridized carbons (Fsp3) is 0.882. The molecular weight excluding hydrogens is 268 g/mol. The summed E-state index contributed by atoms with van der Waals surface area (Å²) in [4.78, 5) is 25.4. The molecule has 120 valence electrons. The van der Waals surface area contributed by atoms with E-state index in [1.165, 1.54) is 6.42 Å². The number of carbonyl (C=O) groups excluding carboxylic acids is 2. The Morgan fingerprint density at radius 1 is 1.00 bits per heavy atom. The molecule has 21 heavy (non-hydrogen) atoms. The van der Waals surface area contributed by atoms with Crippen LogP contribution in [0.4, 0.5) is 0 Å². The summed E-state index contributed by atoms with van der Waals surface area (Å²) < 4.78 is 10.6. The van der Waals surface area contributed by atoms with Crippen LogP contribution in [0.3, 0.4) is 0 Å². The normalized spacial score (nSPS) is 30.5. The van der Waals surface area contributed by atoms with Crippen molar-refractivity contribution in [3.8, 4) is 0 Å². The third kappa shape index (κ3) is 2.69. The molecule has 2 aliphatic rings. The van der Waals surface area contributed by atoms with Crippen molar-refractivity contribution >= 4 is 11.9 Å². The van der Waals surface area contributed by atoms with Crippen LogP contribution in [0.25, 0.3) is 0 Å². The van der Waals surface area contributed by atoms with Crippen LogP contribution in [0.1, 0.15) is 59.3 Å². The van der Waals surface area contributed by atoms with Gasteiger partial charge < -0.3 is 9.47 Å². The molecule has 3 atom stereocenters. The number of carbonyl (C=O) groups is 2. The third-order valence-electron chi connectivity index (χ3n) is 5.45. The van der Waals surface area contributed by atoms with Gasteiger partial charge in [-0.1, -0.05) is 26.2 Å². The molecule has 4 nitrogen and oxygen atoms in total. The SMILES string of the molecule is CCOC(=O)C1(C(=O)OCC)C[C@H](CC)[C@H]2CCCC[C@H]21. The largest absolute Gasteiger partial charge is 0.465 e. The van der Waals surface area contributed by atoms with Crippen molar-refractivity contribution in [1.29, 1.82) is 0 Å². The van der Waals surface area contributed by atoms with E-state index in [0.717, 1.165) is 25.7 Å². The van der Waals surface area contributed by atoms with Gasteiger partial charge in [-0.25, -0.2) is 0 Å². The van der Waals surface area contributed by atoms with Gasteiger partial charge in [0.1, 0.15) is 0 Å². The number of hydrogen-bond donors (Lipinski definition) is 0. The fourth-order valence-electron chi connectivity index (χ4n) is 4.57. The Hall–Kier alpha value is -1.06. The second kappa shape index (κ2) is 6.80. The Morgan fingerprint density at radius 3 is 2.10 bits per heavy atom. The molecule has 0 N–H and O–H groups in total. The quantitative estimate of drug-likeness (QED) is 0.577. The minimum Gasteiger partial charge on any atom is -0.465 e. The number of ether oxygens (including phenoxy) is 2. The second-order valence-corrected chi connectivity index (χ2v) is 6.34. The minimum absolute atomic E-state index is 0.106. The molecule has 0 aromatic rings. The van der Waals surface area contributed by atoms with Crippen molar-refractivity contribution in [3.63, 3.8) is 0 Å². The lowest BCUT2D eigenvalue weighted by Gasteiger charge is -2.35. The van der Waals surface area contributed by atoms with Crippen LogP contribution in [0.15, 0.2) is 0 Å². The highest BCUT2D eigenvalue weighted by molar-refractivity contribution is 6.01. The standard InChI is InChI=1S/C17H28O4/c1-4-12-11-17(15(18)20-5-2,16(19)21-6-3)14-10-8-7-9-13(12)14/h12-14H,4-11H2,1-3H3/t12-,13+,14+/m0/s1. The van der Waals surface area contributed by atoms with Gasteiger partial charge in [-0.2, -0.15) is 0 Å². The summed E-state index contributed by atoms with van der Waals surface area (Å²) in [6.45, 7) is 6.37. The van der Waals surface area contributed by atoms with Crippen LogP contribution >= 0.6 is 0 Å².